The Kier molecular flexibility index (Phi) is 5.40. The molecule has 0 amide bonds. The average molecular weight is 249 g/mol. The average Bonchev–Trinajstić information content (AvgIpc) is 2.21. The van der Waals surface area contributed by atoms with Crippen molar-refractivity contribution >= 4 is 23.2 Å². The highest BCUT2D eigenvalue weighted by molar-refractivity contribution is 6.35. The van der Waals surface area contributed by atoms with Gasteiger partial charge < -0.3 is 9.84 Å². The second-order valence-corrected chi connectivity index (χ2v) is 4.15. The smallest absolute Gasteiger partial charge is 0.0603 e. The Balaban J connectivity index is 2.63. The van der Waals surface area contributed by atoms with Crippen LogP contribution in [-0.4, -0.2) is 24.9 Å². The van der Waals surface area contributed by atoms with E-state index in [4.69, 9.17) is 27.9 Å². The number of hydrogen-bond acceptors (Lipinski definition) is 2. The summed E-state index contributed by atoms with van der Waals surface area (Å²) < 4.78 is 4.88. The van der Waals surface area contributed by atoms with E-state index in [0.717, 1.165) is 5.56 Å². The van der Waals surface area contributed by atoms with E-state index in [1.807, 2.05) is 0 Å². The Morgan fingerprint density at radius 2 is 1.93 bits per heavy atom. The summed E-state index contributed by atoms with van der Waals surface area (Å²) in [6, 6.07) is 5.33. The number of halogens is 2. The second-order valence-electron chi connectivity index (χ2n) is 3.34. The molecule has 0 spiro atoms. The Hall–Kier alpha value is -0.280. The van der Waals surface area contributed by atoms with Crippen LogP contribution in [0.4, 0.5) is 0 Å². The largest absolute Gasteiger partial charge is 0.393 e. The SMILES string of the molecule is COCCC(O)Cc1c(Cl)cccc1Cl. The van der Waals surface area contributed by atoms with Crippen LogP contribution in [0.1, 0.15) is 12.0 Å². The lowest BCUT2D eigenvalue weighted by Gasteiger charge is -2.12. The molecule has 15 heavy (non-hydrogen) atoms. The van der Waals surface area contributed by atoms with Crippen molar-refractivity contribution in [1.29, 1.82) is 0 Å². The maximum absolute atomic E-state index is 9.69. The lowest BCUT2D eigenvalue weighted by Crippen LogP contribution is -2.13. The number of hydrogen-bond donors (Lipinski definition) is 1. The zero-order valence-electron chi connectivity index (χ0n) is 8.54. The molecule has 4 heteroatoms. The highest BCUT2D eigenvalue weighted by Gasteiger charge is 2.11. The molecule has 1 aromatic rings. The molecule has 0 aliphatic carbocycles. The van der Waals surface area contributed by atoms with Gasteiger partial charge >= 0.3 is 0 Å². The van der Waals surface area contributed by atoms with Gasteiger partial charge in [0.25, 0.3) is 0 Å². The summed E-state index contributed by atoms with van der Waals surface area (Å²) in [7, 11) is 1.61. The molecule has 1 atom stereocenters. The lowest BCUT2D eigenvalue weighted by molar-refractivity contribution is 0.110. The number of aliphatic hydroxyl groups is 1. The minimum absolute atomic E-state index is 0.460. The van der Waals surface area contributed by atoms with E-state index in [1.54, 1.807) is 25.3 Å². The predicted molar refractivity (Wildman–Crippen MR) is 62.7 cm³/mol. The summed E-state index contributed by atoms with van der Waals surface area (Å²) in [5, 5.41) is 10.9. The number of benzene rings is 1. The Morgan fingerprint density at radius 1 is 1.33 bits per heavy atom. The van der Waals surface area contributed by atoms with Gasteiger partial charge in [0.15, 0.2) is 0 Å². The van der Waals surface area contributed by atoms with Crippen molar-refractivity contribution in [2.24, 2.45) is 0 Å². The van der Waals surface area contributed by atoms with Gasteiger partial charge in [0.05, 0.1) is 6.10 Å². The maximum atomic E-state index is 9.69. The number of ether oxygens (including phenoxy) is 1. The molecule has 0 aromatic heterocycles. The number of rotatable bonds is 5. The van der Waals surface area contributed by atoms with Crippen LogP contribution >= 0.6 is 23.2 Å². The first kappa shape index (κ1) is 12.8. The first-order chi connectivity index (χ1) is 7.15. The third-order valence-corrected chi connectivity index (χ3v) is 2.86. The van der Waals surface area contributed by atoms with Crippen molar-refractivity contribution in [3.8, 4) is 0 Å². The predicted octanol–water partition coefficient (Wildman–Crippen LogP) is 2.93. The quantitative estimate of drug-likeness (QED) is 0.869. The Bertz CT molecular complexity index is 295. The number of methoxy groups -OCH3 is 1. The van der Waals surface area contributed by atoms with E-state index in [0.29, 0.717) is 29.5 Å². The van der Waals surface area contributed by atoms with E-state index in [-0.39, 0.29) is 0 Å². The van der Waals surface area contributed by atoms with Gasteiger partial charge in [-0.1, -0.05) is 29.3 Å². The molecule has 84 valence electrons. The molecule has 1 rings (SSSR count). The van der Waals surface area contributed by atoms with Crippen LogP contribution in [0.25, 0.3) is 0 Å². The third-order valence-electron chi connectivity index (χ3n) is 2.16. The minimum Gasteiger partial charge on any atom is -0.393 e. The van der Waals surface area contributed by atoms with E-state index in [2.05, 4.69) is 0 Å². The molecule has 1 N–H and O–H groups in total. The molecule has 0 heterocycles. The van der Waals surface area contributed by atoms with Crippen molar-refractivity contribution < 1.29 is 9.84 Å². The zero-order chi connectivity index (χ0) is 11.3. The zero-order valence-corrected chi connectivity index (χ0v) is 10.1. The van der Waals surface area contributed by atoms with E-state index in [9.17, 15) is 5.11 Å². The van der Waals surface area contributed by atoms with Gasteiger partial charge in [0, 0.05) is 30.2 Å². The summed E-state index contributed by atoms with van der Waals surface area (Å²) >= 11 is 12.0. The molecule has 0 saturated carbocycles. The van der Waals surface area contributed by atoms with Crippen LogP contribution in [0.2, 0.25) is 10.0 Å². The lowest BCUT2D eigenvalue weighted by atomic mass is 10.1. The van der Waals surface area contributed by atoms with Gasteiger partial charge in [-0.05, 0) is 24.1 Å². The topological polar surface area (TPSA) is 29.5 Å². The summed E-state index contributed by atoms with van der Waals surface area (Å²) in [6.07, 6.45) is 0.572. The van der Waals surface area contributed by atoms with Crippen molar-refractivity contribution in [2.45, 2.75) is 18.9 Å². The van der Waals surface area contributed by atoms with Crippen molar-refractivity contribution in [2.75, 3.05) is 13.7 Å². The summed E-state index contributed by atoms with van der Waals surface area (Å²) in [5.41, 5.74) is 0.796. The number of aliphatic hydroxyl groups excluding tert-OH is 1. The molecule has 0 aliphatic rings. The van der Waals surface area contributed by atoms with Crippen LogP contribution in [0.3, 0.4) is 0 Å². The van der Waals surface area contributed by atoms with Gasteiger partial charge in [-0.15, -0.1) is 0 Å². The summed E-state index contributed by atoms with van der Waals surface area (Å²) in [4.78, 5) is 0. The van der Waals surface area contributed by atoms with Gasteiger partial charge in [-0.3, -0.25) is 0 Å². The van der Waals surface area contributed by atoms with Crippen molar-refractivity contribution in [3.05, 3.63) is 33.8 Å². The molecule has 0 aliphatic heterocycles. The monoisotopic (exact) mass is 248 g/mol. The minimum atomic E-state index is -0.470. The van der Waals surface area contributed by atoms with Crippen LogP contribution in [0.5, 0.6) is 0 Å². The maximum Gasteiger partial charge on any atom is 0.0603 e. The molecule has 0 saturated heterocycles. The van der Waals surface area contributed by atoms with Crippen LogP contribution in [0.15, 0.2) is 18.2 Å². The van der Waals surface area contributed by atoms with Crippen molar-refractivity contribution in [1.82, 2.24) is 0 Å². The molecule has 0 radical (unpaired) electrons. The molecule has 1 aromatic carbocycles. The highest BCUT2D eigenvalue weighted by atomic mass is 35.5. The molecule has 2 nitrogen and oxygen atoms in total. The van der Waals surface area contributed by atoms with Gasteiger partial charge in [-0.2, -0.15) is 0 Å². The fourth-order valence-corrected chi connectivity index (χ4v) is 1.87. The fourth-order valence-electron chi connectivity index (χ4n) is 1.32. The van der Waals surface area contributed by atoms with E-state index in [1.165, 1.54) is 0 Å². The van der Waals surface area contributed by atoms with E-state index >= 15 is 0 Å². The van der Waals surface area contributed by atoms with Gasteiger partial charge in [0.1, 0.15) is 0 Å². The van der Waals surface area contributed by atoms with Gasteiger partial charge in [-0.25, -0.2) is 0 Å². The summed E-state index contributed by atoms with van der Waals surface area (Å²) in [5.74, 6) is 0. The van der Waals surface area contributed by atoms with Gasteiger partial charge in [0.2, 0.25) is 0 Å². The molecule has 0 bridgehead atoms. The second kappa shape index (κ2) is 6.33. The first-order valence-electron chi connectivity index (χ1n) is 4.75. The van der Waals surface area contributed by atoms with Crippen LogP contribution < -0.4 is 0 Å². The standard InChI is InChI=1S/C11H14Cl2O2/c1-15-6-5-8(14)7-9-10(12)3-2-4-11(9)13/h2-4,8,14H,5-7H2,1H3. The molecule has 1 unspecified atom stereocenters. The third kappa shape index (κ3) is 3.99. The molecule has 0 fully saturated rings. The van der Waals surface area contributed by atoms with Crippen molar-refractivity contribution in [3.63, 3.8) is 0 Å². The Labute approximate surface area is 99.8 Å². The molecular formula is C11H14Cl2O2. The molecular weight excluding hydrogens is 235 g/mol. The van der Waals surface area contributed by atoms with E-state index < -0.39 is 6.10 Å². The van der Waals surface area contributed by atoms with Crippen LogP contribution in [-0.2, 0) is 11.2 Å². The first-order valence-corrected chi connectivity index (χ1v) is 5.50. The van der Waals surface area contributed by atoms with Crippen LogP contribution in [0, 0.1) is 0 Å². The highest BCUT2D eigenvalue weighted by Crippen LogP contribution is 2.25. The summed E-state index contributed by atoms with van der Waals surface area (Å²) in [6.45, 7) is 0.531. The Morgan fingerprint density at radius 3 is 2.47 bits per heavy atom. The fraction of sp³-hybridized carbons (Fsp3) is 0.455. The normalized spacial score (nSPS) is 12.8.